The number of aromatic nitrogens is 1. The van der Waals surface area contributed by atoms with Crippen LogP contribution in [0.15, 0.2) is 12.1 Å². The van der Waals surface area contributed by atoms with Gasteiger partial charge in [0.15, 0.2) is 0 Å². The topological polar surface area (TPSA) is 33.2 Å². The summed E-state index contributed by atoms with van der Waals surface area (Å²) in [5.74, 6) is 2.10. The first-order valence-electron chi connectivity index (χ1n) is 5.64. The van der Waals surface area contributed by atoms with Crippen molar-refractivity contribution in [2.24, 2.45) is 5.92 Å². The number of alkyl halides is 3. The van der Waals surface area contributed by atoms with Crippen molar-refractivity contribution < 1.29 is 18.0 Å². The third-order valence-electron chi connectivity index (χ3n) is 3.00. The number of nitrogens with zero attached hydrogens (tertiary/aromatic N) is 2. The molecule has 1 unspecified atom stereocenters. The summed E-state index contributed by atoms with van der Waals surface area (Å²) in [6, 6.07) is 2.14. The van der Waals surface area contributed by atoms with Crippen LogP contribution in [-0.4, -0.2) is 17.4 Å². The lowest BCUT2D eigenvalue weighted by atomic mass is 10.1. The van der Waals surface area contributed by atoms with Gasteiger partial charge < -0.3 is 4.90 Å². The molecule has 0 radical (unpaired) electrons. The number of rotatable bonds is 1. The summed E-state index contributed by atoms with van der Waals surface area (Å²) >= 11 is 0. The Morgan fingerprint density at radius 1 is 1.47 bits per heavy atom. The second-order valence-electron chi connectivity index (χ2n) is 4.37. The molecular formula is C13H11F3N2O. The van der Waals surface area contributed by atoms with Gasteiger partial charge >= 0.3 is 6.18 Å². The van der Waals surface area contributed by atoms with Crippen LogP contribution >= 0.6 is 0 Å². The third-order valence-corrected chi connectivity index (χ3v) is 3.00. The molecule has 0 saturated carbocycles. The first kappa shape index (κ1) is 13.4. The van der Waals surface area contributed by atoms with Crippen LogP contribution in [0.2, 0.25) is 0 Å². The van der Waals surface area contributed by atoms with Crippen LogP contribution in [-0.2, 0) is 11.0 Å². The number of anilines is 1. The zero-order chi connectivity index (χ0) is 14.2. The molecule has 1 aliphatic heterocycles. The van der Waals surface area contributed by atoms with Crippen molar-refractivity contribution >= 4 is 11.6 Å². The van der Waals surface area contributed by atoms with Gasteiger partial charge in [-0.1, -0.05) is 0 Å². The maximum atomic E-state index is 12.5. The summed E-state index contributed by atoms with van der Waals surface area (Å²) in [4.78, 5) is 16.7. The number of hydrogen-bond donors (Lipinski definition) is 0. The number of halogens is 3. The predicted molar refractivity (Wildman–Crippen MR) is 63.3 cm³/mol. The lowest BCUT2D eigenvalue weighted by Crippen LogP contribution is -2.26. The Morgan fingerprint density at radius 3 is 2.63 bits per heavy atom. The number of carbonyl (C=O) groups is 1. The Hall–Kier alpha value is -2.03. The van der Waals surface area contributed by atoms with Gasteiger partial charge in [0, 0.05) is 18.9 Å². The van der Waals surface area contributed by atoms with Gasteiger partial charge in [0.1, 0.15) is 5.69 Å². The minimum atomic E-state index is -4.49. The Labute approximate surface area is 108 Å². The molecule has 0 aromatic carbocycles. The number of hydrogen-bond acceptors (Lipinski definition) is 2. The van der Waals surface area contributed by atoms with Crippen molar-refractivity contribution in [1.82, 2.24) is 4.98 Å². The smallest absolute Gasteiger partial charge is 0.309 e. The number of aryl methyl sites for hydroxylation is 1. The van der Waals surface area contributed by atoms with Crippen molar-refractivity contribution in [1.29, 1.82) is 0 Å². The number of amides is 1. The Balaban J connectivity index is 2.33. The molecule has 1 aromatic heterocycles. The monoisotopic (exact) mass is 268 g/mol. The van der Waals surface area contributed by atoms with Gasteiger partial charge in [0.25, 0.3) is 0 Å². The van der Waals surface area contributed by atoms with E-state index in [1.54, 1.807) is 0 Å². The molecule has 6 heteroatoms. The summed E-state index contributed by atoms with van der Waals surface area (Å²) in [6.45, 7) is 1.77. The van der Waals surface area contributed by atoms with Gasteiger partial charge in [0.05, 0.1) is 11.4 Å². The van der Waals surface area contributed by atoms with Crippen molar-refractivity contribution in [2.45, 2.75) is 19.5 Å². The van der Waals surface area contributed by atoms with Crippen molar-refractivity contribution in [3.05, 3.63) is 23.5 Å². The fourth-order valence-corrected chi connectivity index (χ4v) is 2.05. The zero-order valence-corrected chi connectivity index (χ0v) is 10.2. The Kier molecular flexibility index (Phi) is 3.23. The molecule has 0 N–H and O–H groups in total. The van der Waals surface area contributed by atoms with Gasteiger partial charge in [0.2, 0.25) is 5.91 Å². The van der Waals surface area contributed by atoms with Gasteiger partial charge in [-0.25, -0.2) is 4.98 Å². The highest BCUT2D eigenvalue weighted by Gasteiger charge is 2.35. The van der Waals surface area contributed by atoms with Crippen LogP contribution in [0.5, 0.6) is 0 Å². The molecule has 100 valence electrons. The summed E-state index contributed by atoms with van der Waals surface area (Å²) < 4.78 is 37.5. The molecule has 1 amide bonds. The second kappa shape index (κ2) is 4.57. The lowest BCUT2D eigenvalue weighted by Gasteiger charge is -2.19. The zero-order valence-electron chi connectivity index (χ0n) is 10.2. The second-order valence-corrected chi connectivity index (χ2v) is 4.37. The summed E-state index contributed by atoms with van der Waals surface area (Å²) in [5, 5.41) is 0. The highest BCUT2D eigenvalue weighted by atomic mass is 19.4. The molecule has 0 bridgehead atoms. The molecule has 19 heavy (non-hydrogen) atoms. The van der Waals surface area contributed by atoms with E-state index < -0.39 is 11.9 Å². The van der Waals surface area contributed by atoms with E-state index in [0.717, 1.165) is 6.07 Å². The third kappa shape index (κ3) is 2.55. The van der Waals surface area contributed by atoms with E-state index in [-0.39, 0.29) is 23.9 Å². The van der Waals surface area contributed by atoms with E-state index in [4.69, 9.17) is 6.42 Å². The molecule has 1 aliphatic rings. The maximum Gasteiger partial charge on any atom is 0.433 e. The predicted octanol–water partition coefficient (Wildman–Crippen LogP) is 2.39. The average molecular weight is 268 g/mol. The SMILES string of the molecule is C#CC1CC(=O)N(c2ccc(C(F)(F)F)nc2C)C1. The van der Waals surface area contributed by atoms with Crippen LogP contribution < -0.4 is 4.90 Å². The molecule has 1 atom stereocenters. The molecular weight excluding hydrogens is 257 g/mol. The minimum absolute atomic E-state index is 0.167. The molecule has 0 aliphatic carbocycles. The fourth-order valence-electron chi connectivity index (χ4n) is 2.05. The van der Waals surface area contributed by atoms with E-state index in [1.165, 1.54) is 17.9 Å². The maximum absolute atomic E-state index is 12.5. The molecule has 2 rings (SSSR count). The van der Waals surface area contributed by atoms with Crippen molar-refractivity contribution in [3.8, 4) is 12.3 Å². The van der Waals surface area contributed by atoms with Gasteiger partial charge in [-0.15, -0.1) is 12.3 Å². The van der Waals surface area contributed by atoms with E-state index in [9.17, 15) is 18.0 Å². The Bertz CT molecular complexity index is 560. The lowest BCUT2D eigenvalue weighted by molar-refractivity contribution is -0.141. The number of pyridine rings is 1. The van der Waals surface area contributed by atoms with Gasteiger partial charge in [-0.2, -0.15) is 13.2 Å². The van der Waals surface area contributed by atoms with E-state index in [2.05, 4.69) is 10.9 Å². The quantitative estimate of drug-likeness (QED) is 0.733. The summed E-state index contributed by atoms with van der Waals surface area (Å²) in [6.07, 6.45) is 0.995. The highest BCUT2D eigenvalue weighted by molar-refractivity contribution is 5.96. The van der Waals surface area contributed by atoms with E-state index in [0.29, 0.717) is 12.2 Å². The minimum Gasteiger partial charge on any atom is -0.309 e. The van der Waals surface area contributed by atoms with Crippen LogP contribution in [0.4, 0.5) is 18.9 Å². The highest BCUT2D eigenvalue weighted by Crippen LogP contribution is 2.32. The van der Waals surface area contributed by atoms with E-state index >= 15 is 0 Å². The van der Waals surface area contributed by atoms with Crippen LogP contribution in [0, 0.1) is 25.2 Å². The number of terminal acetylenes is 1. The molecule has 1 fully saturated rings. The first-order chi connectivity index (χ1) is 8.82. The molecule has 1 saturated heterocycles. The summed E-state index contributed by atoms with van der Waals surface area (Å²) in [5.41, 5.74) is -0.412. The Morgan fingerprint density at radius 2 is 2.16 bits per heavy atom. The molecule has 0 spiro atoms. The standard InChI is InChI=1S/C13H11F3N2O/c1-3-9-6-12(19)18(7-9)10-4-5-11(13(14,15)16)17-8(10)2/h1,4-5,9H,6-7H2,2H3. The van der Waals surface area contributed by atoms with Crippen LogP contribution in [0.3, 0.4) is 0 Å². The molecule has 1 aromatic rings. The van der Waals surface area contributed by atoms with Crippen LogP contribution in [0.25, 0.3) is 0 Å². The average Bonchev–Trinajstić information content (AvgIpc) is 2.69. The first-order valence-corrected chi connectivity index (χ1v) is 5.64. The van der Waals surface area contributed by atoms with Crippen molar-refractivity contribution in [3.63, 3.8) is 0 Å². The molecule has 2 heterocycles. The van der Waals surface area contributed by atoms with Crippen LogP contribution in [0.1, 0.15) is 17.8 Å². The summed E-state index contributed by atoms with van der Waals surface area (Å²) in [7, 11) is 0. The fraction of sp³-hybridized carbons (Fsp3) is 0.385. The van der Waals surface area contributed by atoms with Gasteiger partial charge in [-0.3, -0.25) is 4.79 Å². The normalized spacial score (nSPS) is 19.6. The van der Waals surface area contributed by atoms with Gasteiger partial charge in [-0.05, 0) is 19.1 Å². The number of carbonyl (C=O) groups excluding carboxylic acids is 1. The van der Waals surface area contributed by atoms with E-state index in [1.807, 2.05) is 0 Å². The largest absolute Gasteiger partial charge is 0.433 e. The molecule has 3 nitrogen and oxygen atoms in total. The van der Waals surface area contributed by atoms with Crippen molar-refractivity contribution in [2.75, 3.05) is 11.4 Å².